The van der Waals surface area contributed by atoms with Crippen LogP contribution in [0.5, 0.6) is 5.88 Å². The lowest BCUT2D eigenvalue weighted by Crippen LogP contribution is -2.47. The number of hydrogen-bond acceptors (Lipinski definition) is 7. The van der Waals surface area contributed by atoms with E-state index in [1.165, 1.54) is 0 Å². The first-order valence-corrected chi connectivity index (χ1v) is 10.3. The summed E-state index contributed by atoms with van der Waals surface area (Å²) in [7, 11) is 3.30. The number of pyridine rings is 1. The third-order valence-corrected chi connectivity index (χ3v) is 4.64. The first-order valence-electron chi connectivity index (χ1n) is 10.3. The van der Waals surface area contributed by atoms with E-state index < -0.39 is 0 Å². The Labute approximate surface area is 177 Å². The first-order chi connectivity index (χ1) is 14.7. The number of methoxy groups -OCH3 is 2. The summed E-state index contributed by atoms with van der Waals surface area (Å²) in [6.07, 6.45) is 3.55. The highest BCUT2D eigenvalue weighted by molar-refractivity contribution is 5.80. The molecule has 1 aliphatic rings. The molecule has 2 aromatic heterocycles. The lowest BCUT2D eigenvalue weighted by Gasteiger charge is -2.25. The summed E-state index contributed by atoms with van der Waals surface area (Å²) in [5.74, 6) is 3.08. The minimum atomic E-state index is 0.221. The van der Waals surface area contributed by atoms with Gasteiger partial charge in [0, 0.05) is 45.0 Å². The highest BCUT2D eigenvalue weighted by Crippen LogP contribution is 2.16. The van der Waals surface area contributed by atoms with E-state index in [0.29, 0.717) is 32.2 Å². The molecule has 164 valence electrons. The summed E-state index contributed by atoms with van der Waals surface area (Å²) in [5.41, 5.74) is 0.928. The van der Waals surface area contributed by atoms with Gasteiger partial charge in [-0.05, 0) is 19.4 Å². The van der Waals surface area contributed by atoms with E-state index in [1.54, 1.807) is 20.4 Å². The molecular formula is C20H31N7O3. The Morgan fingerprint density at radius 2 is 2.20 bits per heavy atom. The van der Waals surface area contributed by atoms with Crippen molar-refractivity contribution in [3.63, 3.8) is 0 Å². The molecule has 10 heteroatoms. The largest absolute Gasteiger partial charge is 0.475 e. The highest BCUT2D eigenvalue weighted by Gasteiger charge is 2.22. The highest BCUT2D eigenvalue weighted by atomic mass is 16.5. The summed E-state index contributed by atoms with van der Waals surface area (Å²) < 4.78 is 17.8. The fraction of sp³-hybridized carbons (Fsp3) is 0.600. The van der Waals surface area contributed by atoms with E-state index in [4.69, 9.17) is 19.2 Å². The second-order valence-electron chi connectivity index (χ2n) is 6.94. The van der Waals surface area contributed by atoms with Crippen LogP contribution in [0, 0.1) is 0 Å². The third-order valence-electron chi connectivity index (χ3n) is 4.64. The molecule has 0 radical (unpaired) electrons. The van der Waals surface area contributed by atoms with Crippen LogP contribution in [-0.4, -0.2) is 65.7 Å². The molecule has 1 aliphatic heterocycles. The van der Waals surface area contributed by atoms with Crippen LogP contribution in [0.25, 0.3) is 0 Å². The fourth-order valence-corrected chi connectivity index (χ4v) is 3.24. The number of hydrogen-bond donors (Lipinski definition) is 2. The van der Waals surface area contributed by atoms with Gasteiger partial charge in [0.2, 0.25) is 5.88 Å². The molecule has 0 fully saturated rings. The maximum Gasteiger partial charge on any atom is 0.218 e. The van der Waals surface area contributed by atoms with Gasteiger partial charge < -0.3 is 24.8 Å². The molecule has 3 heterocycles. The molecule has 0 aromatic carbocycles. The van der Waals surface area contributed by atoms with Gasteiger partial charge in [0.1, 0.15) is 19.0 Å². The molecular weight excluding hydrogens is 386 g/mol. The van der Waals surface area contributed by atoms with Crippen molar-refractivity contribution in [1.82, 2.24) is 30.4 Å². The fourth-order valence-electron chi connectivity index (χ4n) is 3.24. The van der Waals surface area contributed by atoms with Crippen molar-refractivity contribution < 1.29 is 14.2 Å². The summed E-state index contributed by atoms with van der Waals surface area (Å²) in [6, 6.07) is 4.08. The average Bonchev–Trinajstić information content (AvgIpc) is 3.15. The molecule has 0 aliphatic carbocycles. The molecule has 0 amide bonds. The number of nitrogens with zero attached hydrogens (tertiary/aromatic N) is 5. The minimum Gasteiger partial charge on any atom is -0.475 e. The zero-order valence-corrected chi connectivity index (χ0v) is 17.9. The molecule has 2 N–H and O–H groups in total. The maximum atomic E-state index is 5.71. The van der Waals surface area contributed by atoms with Crippen LogP contribution in [0.1, 0.15) is 30.6 Å². The maximum absolute atomic E-state index is 5.71. The van der Waals surface area contributed by atoms with Crippen molar-refractivity contribution in [2.24, 2.45) is 4.99 Å². The average molecular weight is 418 g/mol. The van der Waals surface area contributed by atoms with Crippen LogP contribution in [0.2, 0.25) is 0 Å². The number of fused-ring (bicyclic) bond motifs is 1. The second-order valence-corrected chi connectivity index (χ2v) is 6.94. The van der Waals surface area contributed by atoms with E-state index in [9.17, 15) is 0 Å². The van der Waals surface area contributed by atoms with E-state index in [0.717, 1.165) is 49.1 Å². The van der Waals surface area contributed by atoms with Crippen LogP contribution in [0.4, 0.5) is 0 Å². The number of aryl methyl sites for hydroxylation is 1. The molecule has 2 aromatic rings. The van der Waals surface area contributed by atoms with Crippen molar-refractivity contribution in [2.75, 3.05) is 34.0 Å². The molecule has 0 saturated heterocycles. The van der Waals surface area contributed by atoms with Crippen LogP contribution in [0.15, 0.2) is 23.3 Å². The summed E-state index contributed by atoms with van der Waals surface area (Å²) in [5, 5.41) is 11.4. The quantitative estimate of drug-likeness (QED) is 0.334. The van der Waals surface area contributed by atoms with E-state index in [-0.39, 0.29) is 6.04 Å². The topological polar surface area (TPSA) is 108 Å². The normalized spacial score (nSPS) is 16.2. The lowest BCUT2D eigenvalue weighted by atomic mass is 10.1. The zero-order valence-electron chi connectivity index (χ0n) is 17.9. The van der Waals surface area contributed by atoms with E-state index in [2.05, 4.69) is 25.7 Å². The molecule has 1 unspecified atom stereocenters. The van der Waals surface area contributed by atoms with Crippen LogP contribution in [0.3, 0.4) is 0 Å². The Morgan fingerprint density at radius 1 is 1.30 bits per heavy atom. The van der Waals surface area contributed by atoms with Gasteiger partial charge in [0.05, 0.1) is 19.7 Å². The van der Waals surface area contributed by atoms with Crippen molar-refractivity contribution in [2.45, 2.75) is 45.5 Å². The molecule has 0 bridgehead atoms. The predicted molar refractivity (Wildman–Crippen MR) is 112 cm³/mol. The second kappa shape index (κ2) is 11.5. The van der Waals surface area contributed by atoms with Crippen LogP contribution >= 0.6 is 0 Å². The van der Waals surface area contributed by atoms with Crippen LogP contribution in [-0.2, 0) is 35.6 Å². The number of aliphatic imine (C=N–C) groups is 1. The molecule has 3 rings (SSSR count). The van der Waals surface area contributed by atoms with Gasteiger partial charge in [0.15, 0.2) is 11.8 Å². The van der Waals surface area contributed by atoms with E-state index in [1.807, 2.05) is 23.7 Å². The Kier molecular flexibility index (Phi) is 8.40. The first kappa shape index (κ1) is 22.0. The molecule has 30 heavy (non-hydrogen) atoms. The Balaban J connectivity index is 1.62. The van der Waals surface area contributed by atoms with Gasteiger partial charge >= 0.3 is 0 Å². The number of rotatable bonds is 10. The number of guanidine groups is 1. The minimum absolute atomic E-state index is 0.221. The molecule has 0 spiro atoms. The van der Waals surface area contributed by atoms with Gasteiger partial charge in [-0.25, -0.2) is 19.6 Å². The van der Waals surface area contributed by atoms with Crippen molar-refractivity contribution in [3.8, 4) is 5.88 Å². The molecule has 0 saturated carbocycles. The standard InChI is InChI=1S/C20H31N7O3/c1-4-21-20(23-12-15-6-5-9-22-19(15)30-11-10-28-2)24-16-7-8-18-25-17(14-29-3)26-27(18)13-16/h5-6,9,16H,4,7-8,10-14H2,1-3H3,(H2,21,23,24). The Morgan fingerprint density at radius 3 is 3.00 bits per heavy atom. The number of nitrogens with one attached hydrogen (secondary N) is 2. The Bertz CT molecular complexity index is 824. The lowest BCUT2D eigenvalue weighted by molar-refractivity contribution is 0.143. The van der Waals surface area contributed by atoms with Crippen molar-refractivity contribution >= 4 is 5.96 Å². The van der Waals surface area contributed by atoms with Crippen molar-refractivity contribution in [1.29, 1.82) is 0 Å². The third kappa shape index (κ3) is 6.14. The van der Waals surface area contributed by atoms with Gasteiger partial charge in [0.25, 0.3) is 0 Å². The van der Waals surface area contributed by atoms with Crippen LogP contribution < -0.4 is 15.4 Å². The zero-order chi connectivity index (χ0) is 21.2. The smallest absolute Gasteiger partial charge is 0.218 e. The number of ether oxygens (including phenoxy) is 3. The van der Waals surface area contributed by atoms with Gasteiger partial charge in [-0.1, -0.05) is 6.07 Å². The summed E-state index contributed by atoms with van der Waals surface area (Å²) >= 11 is 0. The van der Waals surface area contributed by atoms with Crippen molar-refractivity contribution in [3.05, 3.63) is 35.5 Å². The Hall–Kier alpha value is -2.72. The number of aromatic nitrogens is 4. The summed E-state index contributed by atoms with van der Waals surface area (Å²) in [4.78, 5) is 13.6. The molecule has 10 nitrogen and oxygen atoms in total. The monoisotopic (exact) mass is 417 g/mol. The van der Waals surface area contributed by atoms with Gasteiger partial charge in [-0.3, -0.25) is 0 Å². The predicted octanol–water partition coefficient (Wildman–Crippen LogP) is 0.915. The van der Waals surface area contributed by atoms with Gasteiger partial charge in [-0.2, -0.15) is 5.10 Å². The molecule has 1 atom stereocenters. The van der Waals surface area contributed by atoms with Gasteiger partial charge in [-0.15, -0.1) is 0 Å². The SMILES string of the molecule is CCNC(=NCc1cccnc1OCCOC)NC1CCc2nc(COC)nn2C1. The summed E-state index contributed by atoms with van der Waals surface area (Å²) in [6.45, 7) is 5.43. The van der Waals surface area contributed by atoms with E-state index >= 15 is 0 Å².